The molecular weight excluding hydrogens is 392 g/mol. The molecule has 0 heterocycles. The fourth-order valence-electron chi connectivity index (χ4n) is 2.85. The van der Waals surface area contributed by atoms with Gasteiger partial charge in [0.1, 0.15) is 0 Å². The molecule has 5 N–H and O–H groups in total. The van der Waals surface area contributed by atoms with Crippen molar-refractivity contribution in [3.05, 3.63) is 82.9 Å². The van der Waals surface area contributed by atoms with E-state index in [1.165, 1.54) is 0 Å². The second-order valence-electron chi connectivity index (χ2n) is 6.22. The number of nitrogens with one attached hydrogen (secondary N) is 1. The van der Waals surface area contributed by atoms with E-state index < -0.39 is 6.03 Å². The Hall–Kier alpha value is -2.51. The van der Waals surface area contributed by atoms with Gasteiger partial charge < -0.3 is 0 Å². The number of nitrogens with two attached hydrogens (primary N) is 2. The van der Waals surface area contributed by atoms with Crippen LogP contribution in [0.3, 0.4) is 0 Å². The van der Waals surface area contributed by atoms with Crippen LogP contribution >= 0.6 is 23.4 Å². The monoisotopic (exact) mass is 412 g/mol. The van der Waals surface area contributed by atoms with Gasteiger partial charge in [-0.05, 0) is 59.5 Å². The molecule has 3 aromatic carbocycles. The predicted molar refractivity (Wildman–Crippen MR) is 117 cm³/mol. The summed E-state index contributed by atoms with van der Waals surface area (Å²) in [6, 6.07) is 21.2. The van der Waals surface area contributed by atoms with Crippen molar-refractivity contribution in [3.63, 3.8) is 0 Å². The second kappa shape index (κ2) is 9.12. The third-order valence-corrected chi connectivity index (χ3v) is 5.66. The lowest BCUT2D eigenvalue weighted by Crippen LogP contribution is -2.48. The summed E-state index contributed by atoms with van der Waals surface area (Å²) in [5.74, 6) is 11.8. The van der Waals surface area contributed by atoms with Crippen molar-refractivity contribution in [3.8, 4) is 11.1 Å². The van der Waals surface area contributed by atoms with Gasteiger partial charge in [-0.15, -0.1) is 11.8 Å². The number of halogens is 1. The van der Waals surface area contributed by atoms with Gasteiger partial charge in [-0.3, -0.25) is 5.43 Å². The molecule has 3 aromatic rings. The van der Waals surface area contributed by atoms with Crippen LogP contribution in [-0.4, -0.2) is 6.03 Å². The van der Waals surface area contributed by atoms with E-state index in [2.05, 4.69) is 29.7 Å². The van der Waals surface area contributed by atoms with Crippen LogP contribution in [0.25, 0.3) is 11.1 Å². The normalized spacial score (nSPS) is 10.6. The number of hydrogen-bond donors (Lipinski definition) is 3. The van der Waals surface area contributed by atoms with Crippen molar-refractivity contribution in [1.82, 2.24) is 5.43 Å². The van der Waals surface area contributed by atoms with Crippen molar-refractivity contribution in [2.75, 3.05) is 5.01 Å². The van der Waals surface area contributed by atoms with Gasteiger partial charge in [0, 0.05) is 15.7 Å². The average molecular weight is 413 g/mol. The predicted octanol–water partition coefficient (Wildman–Crippen LogP) is 4.87. The fraction of sp³-hybridized carbons (Fsp3) is 0.0952. The number of thioether (sulfide) groups is 1. The molecule has 0 aliphatic rings. The van der Waals surface area contributed by atoms with E-state index in [0.717, 1.165) is 37.2 Å². The number of anilines is 1. The van der Waals surface area contributed by atoms with Crippen LogP contribution in [0.5, 0.6) is 0 Å². The Morgan fingerprint density at radius 1 is 1.07 bits per heavy atom. The highest BCUT2D eigenvalue weighted by molar-refractivity contribution is 7.98. The van der Waals surface area contributed by atoms with E-state index >= 15 is 0 Å². The van der Waals surface area contributed by atoms with E-state index in [1.54, 1.807) is 17.8 Å². The Morgan fingerprint density at radius 2 is 1.79 bits per heavy atom. The molecule has 0 saturated carbocycles. The first-order valence-corrected chi connectivity index (χ1v) is 9.98. The quantitative estimate of drug-likeness (QED) is 0.241. The van der Waals surface area contributed by atoms with Gasteiger partial charge in [0.2, 0.25) is 0 Å². The number of hydrogen-bond acceptors (Lipinski definition) is 4. The van der Waals surface area contributed by atoms with Crippen molar-refractivity contribution < 1.29 is 4.79 Å². The number of amides is 2. The minimum Gasteiger partial charge on any atom is -0.274 e. The standard InChI is InChI=1S/C21H21ClN4OS/c1-14-4-2-7-20(26(24)21(27)25-23)19(14)13-28-18-10-8-15(9-11-18)16-5-3-6-17(22)12-16/h2-12H,13,23-24H2,1H3,(H,25,27). The Kier molecular flexibility index (Phi) is 6.59. The lowest BCUT2D eigenvalue weighted by molar-refractivity contribution is 0.246. The number of carbonyl (C=O) groups excluding carboxylic acids is 1. The van der Waals surface area contributed by atoms with Gasteiger partial charge in [-0.25, -0.2) is 21.5 Å². The molecule has 0 unspecified atom stereocenters. The van der Waals surface area contributed by atoms with Crippen LogP contribution in [0.2, 0.25) is 5.02 Å². The van der Waals surface area contributed by atoms with Crippen LogP contribution in [0.1, 0.15) is 11.1 Å². The Labute approximate surface area is 173 Å². The summed E-state index contributed by atoms with van der Waals surface area (Å²) in [6.45, 7) is 2.00. The first-order chi connectivity index (χ1) is 13.5. The van der Waals surface area contributed by atoms with E-state index in [0.29, 0.717) is 11.4 Å². The molecule has 0 spiro atoms. The summed E-state index contributed by atoms with van der Waals surface area (Å²) in [4.78, 5) is 12.9. The van der Waals surface area contributed by atoms with Gasteiger partial charge in [0.25, 0.3) is 0 Å². The highest BCUT2D eigenvalue weighted by atomic mass is 35.5. The summed E-state index contributed by atoms with van der Waals surface area (Å²) in [5.41, 5.74) is 6.91. The lowest BCUT2D eigenvalue weighted by atomic mass is 10.1. The van der Waals surface area contributed by atoms with Crippen molar-refractivity contribution >= 4 is 35.1 Å². The van der Waals surface area contributed by atoms with E-state index in [4.69, 9.17) is 23.3 Å². The maximum atomic E-state index is 11.8. The third-order valence-electron chi connectivity index (χ3n) is 4.38. The minimum absolute atomic E-state index is 0.567. The number of hydrazine groups is 2. The van der Waals surface area contributed by atoms with Gasteiger partial charge in [-0.2, -0.15) is 0 Å². The first kappa shape index (κ1) is 20.2. The molecule has 0 aromatic heterocycles. The highest BCUT2D eigenvalue weighted by Gasteiger charge is 2.16. The Morgan fingerprint density at radius 3 is 2.46 bits per heavy atom. The van der Waals surface area contributed by atoms with Gasteiger partial charge in [0.05, 0.1) is 5.69 Å². The summed E-state index contributed by atoms with van der Waals surface area (Å²) in [6.07, 6.45) is 0. The molecule has 0 atom stereocenters. The van der Waals surface area contributed by atoms with Crippen LogP contribution in [0, 0.1) is 6.92 Å². The van der Waals surface area contributed by atoms with E-state index in [1.807, 2.05) is 43.3 Å². The maximum Gasteiger partial charge on any atom is 0.350 e. The van der Waals surface area contributed by atoms with Crippen molar-refractivity contribution in [2.24, 2.45) is 11.7 Å². The zero-order valence-corrected chi connectivity index (χ0v) is 16.9. The second-order valence-corrected chi connectivity index (χ2v) is 7.70. The zero-order valence-electron chi connectivity index (χ0n) is 15.4. The number of aryl methyl sites for hydroxylation is 1. The molecular formula is C21H21ClN4OS. The lowest BCUT2D eigenvalue weighted by Gasteiger charge is -2.20. The van der Waals surface area contributed by atoms with Crippen LogP contribution in [0.15, 0.2) is 71.6 Å². The first-order valence-electron chi connectivity index (χ1n) is 8.62. The van der Waals surface area contributed by atoms with Gasteiger partial charge >= 0.3 is 6.03 Å². The smallest absolute Gasteiger partial charge is 0.274 e. The topological polar surface area (TPSA) is 84.4 Å². The average Bonchev–Trinajstić information content (AvgIpc) is 2.72. The number of nitrogens with zero attached hydrogens (tertiary/aromatic N) is 1. The summed E-state index contributed by atoms with van der Waals surface area (Å²) in [7, 11) is 0. The largest absolute Gasteiger partial charge is 0.350 e. The summed E-state index contributed by atoms with van der Waals surface area (Å²) in [5, 5.41) is 1.75. The Bertz CT molecular complexity index is 978. The molecule has 0 aliphatic heterocycles. The number of rotatable bonds is 5. The molecule has 3 rings (SSSR count). The number of urea groups is 1. The molecule has 7 heteroatoms. The highest BCUT2D eigenvalue weighted by Crippen LogP contribution is 2.32. The van der Waals surface area contributed by atoms with Gasteiger partial charge in [-0.1, -0.05) is 48.0 Å². The number of benzene rings is 3. The molecule has 0 bridgehead atoms. The maximum absolute atomic E-state index is 11.8. The summed E-state index contributed by atoms with van der Waals surface area (Å²) >= 11 is 7.75. The van der Waals surface area contributed by atoms with Gasteiger partial charge in [0.15, 0.2) is 0 Å². The fourth-order valence-corrected chi connectivity index (χ4v) is 4.05. The van der Waals surface area contributed by atoms with Crippen LogP contribution in [-0.2, 0) is 5.75 Å². The summed E-state index contributed by atoms with van der Waals surface area (Å²) < 4.78 is 0. The van der Waals surface area contributed by atoms with Crippen LogP contribution < -0.4 is 22.1 Å². The molecule has 28 heavy (non-hydrogen) atoms. The van der Waals surface area contributed by atoms with Crippen LogP contribution in [0.4, 0.5) is 10.5 Å². The SMILES string of the molecule is Cc1cccc(N(N)C(=O)NN)c1CSc1ccc(-c2cccc(Cl)c2)cc1. The minimum atomic E-state index is -0.567. The molecule has 0 fully saturated rings. The molecule has 2 amide bonds. The molecule has 144 valence electrons. The third kappa shape index (κ3) is 4.66. The molecule has 5 nitrogen and oxygen atoms in total. The zero-order chi connectivity index (χ0) is 20.1. The van der Waals surface area contributed by atoms with E-state index in [-0.39, 0.29) is 0 Å². The number of carbonyl (C=O) groups is 1. The van der Waals surface area contributed by atoms with Crippen molar-refractivity contribution in [2.45, 2.75) is 17.6 Å². The molecule has 0 aliphatic carbocycles. The van der Waals surface area contributed by atoms with Crippen molar-refractivity contribution in [1.29, 1.82) is 0 Å². The molecule has 0 saturated heterocycles. The molecule has 0 radical (unpaired) electrons. The Balaban J connectivity index is 1.77. The van der Waals surface area contributed by atoms with E-state index in [9.17, 15) is 4.79 Å².